The van der Waals surface area contributed by atoms with Crippen molar-refractivity contribution >= 4 is 11.9 Å². The Morgan fingerprint density at radius 3 is 2.60 bits per heavy atom. The van der Waals surface area contributed by atoms with Crippen molar-refractivity contribution in [3.63, 3.8) is 0 Å². The SMILES string of the molecule is Cc1cccc(C)c1C1CC2NC(NSC3CCCC(C3)CN3C[C@@H](CCCC3CC(C)C)O2)N1. The van der Waals surface area contributed by atoms with E-state index in [0.717, 1.165) is 30.8 Å². The molecule has 4 aliphatic rings. The molecule has 196 valence electrons. The van der Waals surface area contributed by atoms with E-state index in [4.69, 9.17) is 4.74 Å². The molecule has 1 saturated carbocycles. The lowest BCUT2D eigenvalue weighted by atomic mass is 9.87. The minimum Gasteiger partial charge on any atom is -0.359 e. The number of hydrogen-bond donors (Lipinski definition) is 3. The summed E-state index contributed by atoms with van der Waals surface area (Å²) in [5, 5.41) is 8.37. The first kappa shape index (κ1) is 26.0. The predicted molar refractivity (Wildman–Crippen MR) is 147 cm³/mol. The first-order valence-corrected chi connectivity index (χ1v) is 15.2. The Morgan fingerprint density at radius 1 is 1.00 bits per heavy atom. The van der Waals surface area contributed by atoms with E-state index in [1.165, 1.54) is 74.6 Å². The predicted octanol–water partition coefficient (Wildman–Crippen LogP) is 5.63. The van der Waals surface area contributed by atoms with Crippen molar-refractivity contribution in [1.29, 1.82) is 0 Å². The number of nitrogens with zero attached hydrogens (tertiary/aromatic N) is 1. The zero-order valence-corrected chi connectivity index (χ0v) is 23.2. The van der Waals surface area contributed by atoms with Gasteiger partial charge in [0.15, 0.2) is 0 Å². The first-order valence-electron chi connectivity index (χ1n) is 14.3. The summed E-state index contributed by atoms with van der Waals surface area (Å²) in [7, 11) is 0. The molecule has 3 heterocycles. The fourth-order valence-corrected chi connectivity index (χ4v) is 8.30. The molecule has 1 aromatic carbocycles. The van der Waals surface area contributed by atoms with Gasteiger partial charge in [0.05, 0.1) is 6.10 Å². The monoisotopic (exact) mass is 500 g/mol. The standard InChI is InChI=1S/C29H48N4OS/c1-19(2)14-23-11-7-12-24-18-33(23)17-22-10-6-13-25(15-22)35-32-29-30-26(16-27(31-29)34-24)28-20(3)8-5-9-21(28)4/h5,8-9,19,22-27,29-32H,6-7,10-18H2,1-4H3/t22?,23?,24-,25?,26?,27?,29?/m1/s1. The molecule has 7 unspecified atom stereocenters. The van der Waals surface area contributed by atoms with E-state index >= 15 is 0 Å². The Labute approximate surface area is 218 Å². The van der Waals surface area contributed by atoms with E-state index in [9.17, 15) is 0 Å². The van der Waals surface area contributed by atoms with Gasteiger partial charge >= 0.3 is 0 Å². The first-order chi connectivity index (χ1) is 16.9. The third kappa shape index (κ3) is 6.63. The molecule has 5 rings (SSSR count). The van der Waals surface area contributed by atoms with Crippen molar-refractivity contribution in [3.05, 3.63) is 34.9 Å². The Bertz CT molecular complexity index is 815. The number of fused-ring (bicyclic) bond motifs is 6. The second kappa shape index (κ2) is 11.8. The Kier molecular flexibility index (Phi) is 8.79. The van der Waals surface area contributed by atoms with Gasteiger partial charge in [0.1, 0.15) is 12.5 Å². The van der Waals surface area contributed by atoms with Crippen LogP contribution in [0.3, 0.4) is 0 Å². The third-order valence-electron chi connectivity index (χ3n) is 8.76. The van der Waals surface area contributed by atoms with Crippen molar-refractivity contribution in [2.75, 3.05) is 13.1 Å². The van der Waals surface area contributed by atoms with Crippen molar-refractivity contribution in [2.45, 2.75) is 121 Å². The number of benzene rings is 1. The van der Waals surface area contributed by atoms with Gasteiger partial charge in [-0.1, -0.05) is 50.4 Å². The summed E-state index contributed by atoms with van der Waals surface area (Å²) in [6, 6.07) is 7.69. The average molecular weight is 501 g/mol. The molecule has 1 aliphatic carbocycles. The summed E-state index contributed by atoms with van der Waals surface area (Å²) >= 11 is 1.96. The molecule has 0 spiro atoms. The van der Waals surface area contributed by atoms with Crippen molar-refractivity contribution < 1.29 is 4.74 Å². The molecule has 6 heteroatoms. The molecular formula is C29H48N4OS. The van der Waals surface area contributed by atoms with Gasteiger partial charge in [0.2, 0.25) is 0 Å². The lowest BCUT2D eigenvalue weighted by Gasteiger charge is -2.40. The molecule has 3 aliphatic heterocycles. The van der Waals surface area contributed by atoms with Gasteiger partial charge in [-0.2, -0.15) is 0 Å². The van der Waals surface area contributed by atoms with Crippen LogP contribution in [0, 0.1) is 25.7 Å². The van der Waals surface area contributed by atoms with Gasteiger partial charge in [-0.05, 0) is 87.3 Å². The van der Waals surface area contributed by atoms with Gasteiger partial charge in [-0.3, -0.25) is 15.5 Å². The number of ether oxygens (including phenoxy) is 1. The highest BCUT2D eigenvalue weighted by Gasteiger charge is 2.36. The highest BCUT2D eigenvalue weighted by molar-refractivity contribution is 7.98. The van der Waals surface area contributed by atoms with Crippen LogP contribution in [0.25, 0.3) is 0 Å². The normalized spacial score (nSPS) is 38.7. The summed E-state index contributed by atoms with van der Waals surface area (Å²) in [5.41, 5.74) is 4.19. The van der Waals surface area contributed by atoms with Gasteiger partial charge in [-0.25, -0.2) is 4.72 Å². The molecule has 8 atom stereocenters. The largest absolute Gasteiger partial charge is 0.359 e. The molecule has 4 fully saturated rings. The van der Waals surface area contributed by atoms with Gasteiger partial charge in [0, 0.05) is 36.8 Å². The van der Waals surface area contributed by atoms with Crippen LogP contribution >= 0.6 is 11.9 Å². The summed E-state index contributed by atoms with van der Waals surface area (Å²) in [5.74, 6) is 1.57. The van der Waals surface area contributed by atoms with Crippen LogP contribution in [-0.4, -0.2) is 47.9 Å². The molecule has 1 aromatic rings. The number of aryl methyl sites for hydroxylation is 2. The zero-order chi connectivity index (χ0) is 24.4. The quantitative estimate of drug-likeness (QED) is 0.468. The van der Waals surface area contributed by atoms with E-state index in [1.807, 2.05) is 11.9 Å². The number of nitrogens with one attached hydrogen (secondary N) is 3. The average Bonchev–Trinajstić information content (AvgIpc) is 2.98. The molecule has 0 radical (unpaired) electrons. The fourth-order valence-electron chi connectivity index (χ4n) is 7.18. The maximum absolute atomic E-state index is 6.94. The summed E-state index contributed by atoms with van der Waals surface area (Å²) in [6.07, 6.45) is 12.0. The third-order valence-corrected chi connectivity index (χ3v) is 9.89. The summed E-state index contributed by atoms with van der Waals surface area (Å²) < 4.78 is 10.7. The summed E-state index contributed by atoms with van der Waals surface area (Å²) in [6.45, 7) is 11.7. The van der Waals surface area contributed by atoms with Gasteiger partial charge in [-0.15, -0.1) is 0 Å². The number of rotatable bonds is 3. The van der Waals surface area contributed by atoms with E-state index < -0.39 is 0 Å². The van der Waals surface area contributed by atoms with Crippen molar-refractivity contribution in [1.82, 2.24) is 20.3 Å². The Hall–Kier alpha value is -0.630. The molecule has 35 heavy (non-hydrogen) atoms. The molecule has 0 amide bonds. The second-order valence-corrected chi connectivity index (χ2v) is 13.3. The van der Waals surface area contributed by atoms with Gasteiger partial charge in [0.25, 0.3) is 0 Å². The van der Waals surface area contributed by atoms with E-state index in [0.29, 0.717) is 17.4 Å². The Morgan fingerprint density at radius 2 is 1.80 bits per heavy atom. The van der Waals surface area contributed by atoms with Crippen LogP contribution in [0.2, 0.25) is 0 Å². The number of hydrogen-bond acceptors (Lipinski definition) is 6. The van der Waals surface area contributed by atoms with Crippen molar-refractivity contribution in [3.8, 4) is 0 Å². The second-order valence-electron chi connectivity index (χ2n) is 12.2. The molecule has 0 aromatic heterocycles. The van der Waals surface area contributed by atoms with Crippen LogP contribution in [0.5, 0.6) is 0 Å². The smallest absolute Gasteiger partial charge is 0.123 e. The highest BCUT2D eigenvalue weighted by atomic mass is 32.2. The lowest BCUT2D eigenvalue weighted by molar-refractivity contribution is -0.0757. The minimum absolute atomic E-state index is 0.0551. The molecular weight excluding hydrogens is 452 g/mol. The van der Waals surface area contributed by atoms with E-state index in [-0.39, 0.29) is 12.5 Å². The fraction of sp³-hybridized carbons (Fsp3) is 0.793. The Balaban J connectivity index is 1.40. The zero-order valence-electron chi connectivity index (χ0n) is 22.4. The van der Waals surface area contributed by atoms with Crippen LogP contribution in [0.15, 0.2) is 18.2 Å². The van der Waals surface area contributed by atoms with E-state index in [2.05, 4.69) is 66.1 Å². The maximum atomic E-state index is 6.94. The maximum Gasteiger partial charge on any atom is 0.123 e. The molecule has 3 N–H and O–H groups in total. The van der Waals surface area contributed by atoms with Crippen molar-refractivity contribution in [2.24, 2.45) is 11.8 Å². The lowest BCUT2D eigenvalue weighted by Crippen LogP contribution is -2.61. The highest BCUT2D eigenvalue weighted by Crippen LogP contribution is 2.36. The van der Waals surface area contributed by atoms with Crippen LogP contribution in [-0.2, 0) is 4.74 Å². The van der Waals surface area contributed by atoms with Crippen LogP contribution < -0.4 is 15.4 Å². The van der Waals surface area contributed by atoms with E-state index in [1.54, 1.807) is 0 Å². The minimum atomic E-state index is 0.0551. The van der Waals surface area contributed by atoms with Crippen LogP contribution in [0.4, 0.5) is 0 Å². The molecule has 5 nitrogen and oxygen atoms in total. The summed E-state index contributed by atoms with van der Waals surface area (Å²) in [4.78, 5) is 2.86. The molecule has 6 bridgehead atoms. The topological polar surface area (TPSA) is 48.6 Å². The van der Waals surface area contributed by atoms with Gasteiger partial charge < -0.3 is 4.74 Å². The molecule has 3 saturated heterocycles. The van der Waals surface area contributed by atoms with Crippen LogP contribution in [0.1, 0.15) is 94.4 Å².